The molecule has 1 heterocycles. The van der Waals surface area contributed by atoms with Gasteiger partial charge in [-0.3, -0.25) is 0 Å². The molecule has 1 rings (SSSR count). The Balaban J connectivity index is 2.32. The number of aryl methyl sites for hydroxylation is 1. The molecular formula is C8H13NO2. The predicted octanol–water partition coefficient (Wildman–Crippen LogP) is 1.32. The highest BCUT2D eigenvalue weighted by Crippen LogP contribution is 2.17. The largest absolute Gasteiger partial charge is 0.490 e. The quantitative estimate of drug-likeness (QED) is 0.667. The maximum atomic E-state index is 5.34. The van der Waals surface area contributed by atoms with Gasteiger partial charge in [-0.2, -0.15) is 0 Å². The summed E-state index contributed by atoms with van der Waals surface area (Å²) in [6.07, 6.45) is 2.50. The lowest BCUT2D eigenvalue weighted by Crippen LogP contribution is -2.05. The number of furan rings is 1. The molecule has 0 saturated carbocycles. The van der Waals surface area contributed by atoms with Crippen LogP contribution in [0.25, 0.3) is 0 Å². The van der Waals surface area contributed by atoms with Crippen LogP contribution in [-0.2, 0) is 0 Å². The van der Waals surface area contributed by atoms with Crippen LogP contribution in [0.5, 0.6) is 5.75 Å². The van der Waals surface area contributed by atoms with E-state index >= 15 is 0 Å². The standard InChI is InChI=1S/C8H13NO2/c1-7-8(3-6-10-7)11-5-2-4-9/h3,6H,2,4-5,9H2,1H3. The SMILES string of the molecule is Cc1occc1OCCCN. The molecule has 3 heteroatoms. The molecule has 0 aliphatic heterocycles. The van der Waals surface area contributed by atoms with Crippen LogP contribution in [0.3, 0.4) is 0 Å². The monoisotopic (exact) mass is 155 g/mol. The first-order chi connectivity index (χ1) is 5.34. The fourth-order valence-corrected chi connectivity index (χ4v) is 0.789. The highest BCUT2D eigenvalue weighted by Gasteiger charge is 1.99. The molecule has 2 N–H and O–H groups in total. The first-order valence-electron chi connectivity index (χ1n) is 3.71. The van der Waals surface area contributed by atoms with Crippen LogP contribution in [0, 0.1) is 6.92 Å². The molecule has 0 saturated heterocycles. The van der Waals surface area contributed by atoms with Gasteiger partial charge >= 0.3 is 0 Å². The zero-order chi connectivity index (χ0) is 8.10. The summed E-state index contributed by atoms with van der Waals surface area (Å²) in [4.78, 5) is 0. The van der Waals surface area contributed by atoms with E-state index in [1.54, 1.807) is 6.26 Å². The van der Waals surface area contributed by atoms with Gasteiger partial charge in [0, 0.05) is 6.07 Å². The van der Waals surface area contributed by atoms with Gasteiger partial charge in [0.1, 0.15) is 5.76 Å². The number of ether oxygens (including phenoxy) is 1. The summed E-state index contributed by atoms with van der Waals surface area (Å²) in [5.74, 6) is 1.64. The molecule has 11 heavy (non-hydrogen) atoms. The van der Waals surface area contributed by atoms with Crippen molar-refractivity contribution in [3.8, 4) is 5.75 Å². The van der Waals surface area contributed by atoms with Gasteiger partial charge in [0.15, 0.2) is 5.75 Å². The summed E-state index contributed by atoms with van der Waals surface area (Å²) < 4.78 is 10.4. The van der Waals surface area contributed by atoms with Gasteiger partial charge in [-0.25, -0.2) is 0 Å². The minimum atomic E-state index is 0.664. The van der Waals surface area contributed by atoms with Gasteiger partial charge in [0.05, 0.1) is 12.9 Å². The first kappa shape index (κ1) is 8.14. The molecule has 0 spiro atoms. The van der Waals surface area contributed by atoms with Gasteiger partial charge in [-0.1, -0.05) is 0 Å². The highest BCUT2D eigenvalue weighted by atomic mass is 16.5. The van der Waals surface area contributed by atoms with Crippen LogP contribution < -0.4 is 10.5 Å². The van der Waals surface area contributed by atoms with E-state index in [0.717, 1.165) is 17.9 Å². The third-order valence-electron chi connectivity index (χ3n) is 1.42. The Labute approximate surface area is 66.1 Å². The molecule has 1 aromatic rings. The van der Waals surface area contributed by atoms with Crippen molar-refractivity contribution in [1.82, 2.24) is 0 Å². The van der Waals surface area contributed by atoms with Crippen molar-refractivity contribution >= 4 is 0 Å². The third-order valence-corrected chi connectivity index (χ3v) is 1.42. The van der Waals surface area contributed by atoms with Gasteiger partial charge in [0.25, 0.3) is 0 Å². The fraction of sp³-hybridized carbons (Fsp3) is 0.500. The van der Waals surface area contributed by atoms with Crippen LogP contribution in [0.15, 0.2) is 16.7 Å². The van der Waals surface area contributed by atoms with Crippen molar-refractivity contribution in [3.05, 3.63) is 18.1 Å². The molecule has 62 valence electrons. The van der Waals surface area contributed by atoms with Crippen LogP contribution >= 0.6 is 0 Å². The summed E-state index contributed by atoms with van der Waals surface area (Å²) in [6, 6.07) is 1.81. The Morgan fingerprint density at radius 3 is 3.00 bits per heavy atom. The van der Waals surface area contributed by atoms with Crippen molar-refractivity contribution in [2.45, 2.75) is 13.3 Å². The number of hydrogen-bond donors (Lipinski definition) is 1. The van der Waals surface area contributed by atoms with E-state index in [0.29, 0.717) is 13.2 Å². The average Bonchev–Trinajstić information content (AvgIpc) is 2.37. The number of hydrogen-bond acceptors (Lipinski definition) is 3. The molecule has 0 atom stereocenters. The van der Waals surface area contributed by atoms with Crippen molar-refractivity contribution in [2.24, 2.45) is 5.73 Å². The lowest BCUT2D eigenvalue weighted by atomic mass is 10.4. The summed E-state index contributed by atoms with van der Waals surface area (Å²) in [7, 11) is 0. The van der Waals surface area contributed by atoms with Crippen LogP contribution in [0.4, 0.5) is 0 Å². The molecule has 0 bridgehead atoms. The second-order valence-corrected chi connectivity index (χ2v) is 2.33. The van der Waals surface area contributed by atoms with E-state index < -0.39 is 0 Å². The molecule has 0 fully saturated rings. The van der Waals surface area contributed by atoms with Gasteiger partial charge in [0.2, 0.25) is 0 Å². The van der Waals surface area contributed by atoms with E-state index in [9.17, 15) is 0 Å². The summed E-state index contributed by atoms with van der Waals surface area (Å²) in [5, 5.41) is 0. The number of rotatable bonds is 4. The van der Waals surface area contributed by atoms with Gasteiger partial charge in [-0.05, 0) is 19.9 Å². The lowest BCUT2D eigenvalue weighted by Gasteiger charge is -2.01. The molecule has 1 aromatic heterocycles. The second kappa shape index (κ2) is 4.03. The second-order valence-electron chi connectivity index (χ2n) is 2.33. The fourth-order valence-electron chi connectivity index (χ4n) is 0.789. The maximum absolute atomic E-state index is 5.34. The first-order valence-corrected chi connectivity index (χ1v) is 3.71. The molecule has 0 aliphatic rings. The van der Waals surface area contributed by atoms with Crippen molar-refractivity contribution in [3.63, 3.8) is 0 Å². The average molecular weight is 155 g/mol. The zero-order valence-corrected chi connectivity index (χ0v) is 6.67. The Bertz CT molecular complexity index is 208. The van der Waals surface area contributed by atoms with Crippen molar-refractivity contribution < 1.29 is 9.15 Å². The lowest BCUT2D eigenvalue weighted by molar-refractivity contribution is 0.305. The van der Waals surface area contributed by atoms with Gasteiger partial charge < -0.3 is 14.9 Å². The smallest absolute Gasteiger partial charge is 0.160 e. The third kappa shape index (κ3) is 2.27. The summed E-state index contributed by atoms with van der Waals surface area (Å²) in [6.45, 7) is 3.20. The summed E-state index contributed by atoms with van der Waals surface area (Å²) >= 11 is 0. The minimum Gasteiger partial charge on any atom is -0.490 e. The Morgan fingerprint density at radius 2 is 2.45 bits per heavy atom. The maximum Gasteiger partial charge on any atom is 0.160 e. The van der Waals surface area contributed by atoms with Crippen LogP contribution in [-0.4, -0.2) is 13.2 Å². The predicted molar refractivity (Wildman–Crippen MR) is 42.6 cm³/mol. The minimum absolute atomic E-state index is 0.664. The number of nitrogens with two attached hydrogens (primary N) is 1. The van der Waals surface area contributed by atoms with E-state index in [2.05, 4.69) is 0 Å². The molecule has 0 radical (unpaired) electrons. The zero-order valence-electron chi connectivity index (χ0n) is 6.67. The van der Waals surface area contributed by atoms with E-state index in [1.807, 2.05) is 13.0 Å². The molecule has 0 aliphatic carbocycles. The van der Waals surface area contributed by atoms with Crippen molar-refractivity contribution in [2.75, 3.05) is 13.2 Å². The molecule has 0 amide bonds. The van der Waals surface area contributed by atoms with Crippen LogP contribution in [0.2, 0.25) is 0 Å². The Kier molecular flexibility index (Phi) is 2.98. The van der Waals surface area contributed by atoms with Crippen molar-refractivity contribution in [1.29, 1.82) is 0 Å². The Hall–Kier alpha value is -0.960. The summed E-state index contributed by atoms with van der Waals surface area (Å²) in [5.41, 5.74) is 5.30. The van der Waals surface area contributed by atoms with Gasteiger partial charge in [-0.15, -0.1) is 0 Å². The Morgan fingerprint density at radius 1 is 1.64 bits per heavy atom. The highest BCUT2D eigenvalue weighted by molar-refractivity contribution is 5.22. The normalized spacial score (nSPS) is 10.0. The molecular weight excluding hydrogens is 142 g/mol. The van der Waals surface area contributed by atoms with Crippen LogP contribution in [0.1, 0.15) is 12.2 Å². The topological polar surface area (TPSA) is 48.4 Å². The molecule has 0 aromatic carbocycles. The molecule has 0 unspecified atom stereocenters. The van der Waals surface area contributed by atoms with E-state index in [1.165, 1.54) is 0 Å². The van der Waals surface area contributed by atoms with E-state index in [4.69, 9.17) is 14.9 Å². The van der Waals surface area contributed by atoms with E-state index in [-0.39, 0.29) is 0 Å². The molecule has 3 nitrogen and oxygen atoms in total.